The molecular formula is C22H25N5O2. The van der Waals surface area contributed by atoms with Gasteiger partial charge in [-0.3, -0.25) is 4.79 Å². The Labute approximate surface area is 170 Å². The Morgan fingerprint density at radius 1 is 0.966 bits per heavy atom. The van der Waals surface area contributed by atoms with Gasteiger partial charge in [0.15, 0.2) is 0 Å². The first-order valence-electron chi connectivity index (χ1n) is 9.73. The van der Waals surface area contributed by atoms with Crippen LogP contribution in [0, 0.1) is 6.92 Å². The normalized spacial score (nSPS) is 14.2. The molecule has 1 saturated heterocycles. The van der Waals surface area contributed by atoms with Crippen LogP contribution in [0.15, 0.2) is 53.1 Å². The molecule has 1 aliphatic rings. The summed E-state index contributed by atoms with van der Waals surface area (Å²) in [6.07, 6.45) is 0. The van der Waals surface area contributed by atoms with Gasteiger partial charge < -0.3 is 19.2 Å². The van der Waals surface area contributed by atoms with Gasteiger partial charge in [0.05, 0.1) is 0 Å². The van der Waals surface area contributed by atoms with Gasteiger partial charge in [-0.05, 0) is 48.5 Å². The highest BCUT2D eigenvalue weighted by Crippen LogP contribution is 2.23. The van der Waals surface area contributed by atoms with E-state index in [1.165, 1.54) is 0 Å². The van der Waals surface area contributed by atoms with Crippen molar-refractivity contribution in [2.45, 2.75) is 6.92 Å². The predicted molar refractivity (Wildman–Crippen MR) is 113 cm³/mol. The predicted octanol–water partition coefficient (Wildman–Crippen LogP) is 3.07. The second kappa shape index (κ2) is 7.95. The molecule has 0 atom stereocenters. The third-order valence-electron chi connectivity index (χ3n) is 5.22. The molecule has 0 aliphatic carbocycles. The van der Waals surface area contributed by atoms with Gasteiger partial charge in [-0.15, -0.1) is 0 Å². The van der Waals surface area contributed by atoms with E-state index in [0.29, 0.717) is 24.8 Å². The lowest BCUT2D eigenvalue weighted by atomic mass is 10.1. The highest BCUT2D eigenvalue weighted by molar-refractivity contribution is 5.94. The van der Waals surface area contributed by atoms with Crippen LogP contribution in [0.5, 0.6) is 0 Å². The van der Waals surface area contributed by atoms with Crippen molar-refractivity contribution < 1.29 is 9.32 Å². The zero-order valence-electron chi connectivity index (χ0n) is 17.0. The van der Waals surface area contributed by atoms with Gasteiger partial charge in [-0.1, -0.05) is 5.16 Å². The highest BCUT2D eigenvalue weighted by Gasteiger charge is 2.22. The first-order valence-corrected chi connectivity index (χ1v) is 9.73. The Morgan fingerprint density at radius 2 is 1.62 bits per heavy atom. The van der Waals surface area contributed by atoms with Crippen molar-refractivity contribution in [2.75, 3.05) is 50.1 Å². The van der Waals surface area contributed by atoms with Gasteiger partial charge in [0.2, 0.25) is 11.7 Å². The van der Waals surface area contributed by atoms with E-state index in [-0.39, 0.29) is 5.91 Å². The van der Waals surface area contributed by atoms with Crippen LogP contribution in [0.1, 0.15) is 16.2 Å². The van der Waals surface area contributed by atoms with Crippen LogP contribution >= 0.6 is 0 Å². The van der Waals surface area contributed by atoms with Crippen molar-refractivity contribution in [1.29, 1.82) is 0 Å². The van der Waals surface area contributed by atoms with Gasteiger partial charge in [0, 0.05) is 69.7 Å². The van der Waals surface area contributed by atoms with Gasteiger partial charge in [0.25, 0.3) is 5.91 Å². The first-order chi connectivity index (χ1) is 14.0. The number of carbonyl (C=O) groups is 1. The summed E-state index contributed by atoms with van der Waals surface area (Å²) >= 11 is 0. The number of rotatable bonds is 4. The Hall–Kier alpha value is -3.35. The molecular weight excluding hydrogens is 366 g/mol. The Kier molecular flexibility index (Phi) is 5.20. The molecule has 29 heavy (non-hydrogen) atoms. The third-order valence-corrected chi connectivity index (χ3v) is 5.22. The van der Waals surface area contributed by atoms with Crippen molar-refractivity contribution in [3.63, 3.8) is 0 Å². The fourth-order valence-corrected chi connectivity index (χ4v) is 3.49. The summed E-state index contributed by atoms with van der Waals surface area (Å²) in [6, 6.07) is 15.9. The number of carbonyl (C=O) groups excluding carboxylic acids is 1. The summed E-state index contributed by atoms with van der Waals surface area (Å²) in [6.45, 7) is 4.81. The van der Waals surface area contributed by atoms with Gasteiger partial charge >= 0.3 is 0 Å². The number of nitrogens with zero attached hydrogens (tertiary/aromatic N) is 5. The standard InChI is InChI=1S/C22H25N5O2/c1-16-23-21(24-29-16)17-4-10-20(11-5-17)26-12-14-27(15-13-26)22(28)18-6-8-19(9-7-18)25(2)3/h4-11H,12-15H2,1-3H3. The van der Waals surface area contributed by atoms with Gasteiger partial charge in [0.1, 0.15) is 0 Å². The number of benzene rings is 2. The maximum absolute atomic E-state index is 12.8. The molecule has 1 fully saturated rings. The lowest BCUT2D eigenvalue weighted by Crippen LogP contribution is -2.48. The second-order valence-corrected chi connectivity index (χ2v) is 7.40. The Balaban J connectivity index is 1.37. The number of amides is 1. The number of aryl methyl sites for hydroxylation is 1. The van der Waals surface area contributed by atoms with E-state index >= 15 is 0 Å². The maximum Gasteiger partial charge on any atom is 0.253 e. The number of hydrogen-bond acceptors (Lipinski definition) is 6. The Morgan fingerprint density at radius 3 is 2.17 bits per heavy atom. The molecule has 4 rings (SSSR count). The smallest absolute Gasteiger partial charge is 0.253 e. The molecule has 1 amide bonds. The fraction of sp³-hybridized carbons (Fsp3) is 0.318. The largest absolute Gasteiger partial charge is 0.378 e. The summed E-state index contributed by atoms with van der Waals surface area (Å²) in [5, 5.41) is 3.95. The summed E-state index contributed by atoms with van der Waals surface area (Å²) < 4.78 is 5.04. The van der Waals surface area contributed by atoms with E-state index in [4.69, 9.17) is 4.52 Å². The average Bonchev–Trinajstić information content (AvgIpc) is 3.20. The van der Waals surface area contributed by atoms with Gasteiger partial charge in [-0.25, -0.2) is 0 Å². The lowest BCUT2D eigenvalue weighted by molar-refractivity contribution is 0.0747. The molecule has 0 radical (unpaired) electrons. The summed E-state index contributed by atoms with van der Waals surface area (Å²) in [4.78, 5) is 23.3. The summed E-state index contributed by atoms with van der Waals surface area (Å²) in [5.74, 6) is 1.25. The van der Waals surface area contributed by atoms with Crippen molar-refractivity contribution in [1.82, 2.24) is 15.0 Å². The number of piperazine rings is 1. The van der Waals surface area contributed by atoms with Crippen LogP contribution in [0.25, 0.3) is 11.4 Å². The van der Waals surface area contributed by atoms with Crippen LogP contribution in [-0.2, 0) is 0 Å². The molecule has 1 aromatic heterocycles. The summed E-state index contributed by atoms with van der Waals surface area (Å²) in [5.41, 5.74) is 3.89. The van der Waals surface area contributed by atoms with Crippen molar-refractivity contribution >= 4 is 17.3 Å². The average molecular weight is 391 g/mol. The minimum Gasteiger partial charge on any atom is -0.378 e. The lowest BCUT2D eigenvalue weighted by Gasteiger charge is -2.36. The molecule has 0 spiro atoms. The zero-order chi connectivity index (χ0) is 20.4. The fourth-order valence-electron chi connectivity index (χ4n) is 3.49. The molecule has 0 unspecified atom stereocenters. The monoisotopic (exact) mass is 391 g/mol. The number of aromatic nitrogens is 2. The highest BCUT2D eigenvalue weighted by atomic mass is 16.5. The van der Waals surface area contributed by atoms with E-state index in [2.05, 4.69) is 27.2 Å². The minimum absolute atomic E-state index is 0.0952. The third kappa shape index (κ3) is 4.08. The Bertz CT molecular complexity index is 971. The zero-order valence-corrected chi connectivity index (χ0v) is 17.0. The molecule has 2 heterocycles. The molecule has 7 heteroatoms. The van der Waals surface area contributed by atoms with Crippen molar-refractivity contribution in [3.05, 3.63) is 60.0 Å². The molecule has 2 aromatic carbocycles. The molecule has 1 aliphatic heterocycles. The van der Waals surface area contributed by atoms with E-state index < -0.39 is 0 Å². The molecule has 150 valence electrons. The molecule has 0 bridgehead atoms. The van der Waals surface area contributed by atoms with E-state index in [1.807, 2.05) is 60.3 Å². The van der Waals surface area contributed by atoms with E-state index in [1.54, 1.807) is 6.92 Å². The molecule has 7 nitrogen and oxygen atoms in total. The molecule has 3 aromatic rings. The molecule has 0 N–H and O–H groups in total. The van der Waals surface area contributed by atoms with Crippen LogP contribution in [0.2, 0.25) is 0 Å². The topological polar surface area (TPSA) is 65.7 Å². The van der Waals surface area contributed by atoms with E-state index in [0.717, 1.165) is 35.6 Å². The van der Waals surface area contributed by atoms with Crippen molar-refractivity contribution in [2.24, 2.45) is 0 Å². The van der Waals surface area contributed by atoms with Crippen LogP contribution < -0.4 is 9.80 Å². The van der Waals surface area contributed by atoms with Crippen molar-refractivity contribution in [3.8, 4) is 11.4 Å². The van der Waals surface area contributed by atoms with Crippen LogP contribution in [-0.4, -0.2) is 61.2 Å². The number of hydrogen-bond donors (Lipinski definition) is 0. The minimum atomic E-state index is 0.0952. The van der Waals surface area contributed by atoms with Crippen LogP contribution in [0.4, 0.5) is 11.4 Å². The number of anilines is 2. The van der Waals surface area contributed by atoms with Crippen LogP contribution in [0.3, 0.4) is 0 Å². The summed E-state index contributed by atoms with van der Waals surface area (Å²) in [7, 11) is 3.98. The second-order valence-electron chi connectivity index (χ2n) is 7.40. The molecule has 0 saturated carbocycles. The first kappa shape index (κ1) is 19.0. The van der Waals surface area contributed by atoms with Gasteiger partial charge in [-0.2, -0.15) is 4.98 Å². The SMILES string of the molecule is Cc1nc(-c2ccc(N3CCN(C(=O)c4ccc(N(C)C)cc4)CC3)cc2)no1. The quantitative estimate of drug-likeness (QED) is 0.681. The maximum atomic E-state index is 12.8. The van der Waals surface area contributed by atoms with E-state index in [9.17, 15) is 4.79 Å².